The van der Waals surface area contributed by atoms with Crippen molar-refractivity contribution in [2.45, 2.75) is 25.3 Å². The van der Waals surface area contributed by atoms with E-state index in [2.05, 4.69) is 9.88 Å². The fraction of sp³-hybridized carbons (Fsp3) is 0.308. The Hall–Kier alpha value is -1.86. The van der Waals surface area contributed by atoms with Crippen molar-refractivity contribution in [1.29, 1.82) is 0 Å². The highest BCUT2D eigenvalue weighted by Crippen LogP contribution is 2.22. The van der Waals surface area contributed by atoms with Crippen LogP contribution in [0.4, 0.5) is 5.69 Å². The lowest BCUT2D eigenvalue weighted by Crippen LogP contribution is -2.14. The highest BCUT2D eigenvalue weighted by atomic mass is 32.2. The molecule has 0 radical (unpaired) electrons. The topological polar surface area (TPSA) is 81.4 Å². The maximum Gasteiger partial charge on any atom is 0.267 e. The summed E-state index contributed by atoms with van der Waals surface area (Å²) in [7, 11) is -2.13. The number of methoxy groups -OCH3 is 1. The number of aryl methyl sites for hydroxylation is 2. The normalized spacial score (nSPS) is 11.6. The van der Waals surface area contributed by atoms with E-state index in [9.17, 15) is 8.42 Å². The molecule has 0 saturated heterocycles. The highest BCUT2D eigenvalue weighted by Gasteiger charge is 2.24. The Kier molecular flexibility index (Phi) is 4.10. The second kappa shape index (κ2) is 5.64. The van der Waals surface area contributed by atoms with Crippen LogP contribution in [0.1, 0.15) is 17.0 Å². The molecule has 1 aromatic carbocycles. The number of nitrogens with zero attached hydrogens (tertiary/aromatic N) is 1. The lowest BCUT2D eigenvalue weighted by atomic mass is 10.2. The van der Waals surface area contributed by atoms with Gasteiger partial charge in [0.15, 0.2) is 10.7 Å². The molecule has 6 nitrogen and oxygen atoms in total. The van der Waals surface area contributed by atoms with E-state index < -0.39 is 10.0 Å². The number of rotatable bonds is 5. The number of anilines is 1. The Balaban J connectivity index is 2.31. The first-order chi connectivity index (χ1) is 9.44. The van der Waals surface area contributed by atoms with Gasteiger partial charge in [-0.25, -0.2) is 8.42 Å². The van der Waals surface area contributed by atoms with Gasteiger partial charge in [0.1, 0.15) is 5.69 Å². The van der Waals surface area contributed by atoms with Gasteiger partial charge in [0, 0.05) is 12.8 Å². The molecule has 1 aromatic heterocycles. The van der Waals surface area contributed by atoms with E-state index in [1.807, 2.05) is 6.07 Å². The van der Waals surface area contributed by atoms with E-state index in [-0.39, 0.29) is 10.7 Å². The van der Waals surface area contributed by atoms with Crippen molar-refractivity contribution in [3.05, 3.63) is 41.3 Å². The number of aromatic nitrogens is 1. The molecule has 0 bridgehead atoms. The average Bonchev–Trinajstić information content (AvgIpc) is 2.70. The number of ether oxygens (including phenoxy) is 1. The zero-order valence-electron chi connectivity index (χ0n) is 11.5. The summed E-state index contributed by atoms with van der Waals surface area (Å²) < 4.78 is 37.1. The number of nitrogens with one attached hydrogen (secondary N) is 1. The third-order valence-electron chi connectivity index (χ3n) is 2.73. The highest BCUT2D eigenvalue weighted by molar-refractivity contribution is 7.92. The molecule has 0 fully saturated rings. The molecule has 108 valence electrons. The Bertz CT molecular complexity index is 687. The van der Waals surface area contributed by atoms with Gasteiger partial charge in [-0.1, -0.05) is 17.3 Å². The van der Waals surface area contributed by atoms with E-state index in [1.54, 1.807) is 39.2 Å². The maximum atomic E-state index is 12.3. The third-order valence-corrected chi connectivity index (χ3v) is 4.35. The molecule has 2 rings (SSSR count). The van der Waals surface area contributed by atoms with Crippen LogP contribution in [0.15, 0.2) is 33.7 Å². The Morgan fingerprint density at radius 3 is 2.70 bits per heavy atom. The van der Waals surface area contributed by atoms with Crippen molar-refractivity contribution >= 4 is 15.7 Å². The lowest BCUT2D eigenvalue weighted by molar-refractivity contribution is 0.185. The predicted molar refractivity (Wildman–Crippen MR) is 73.9 cm³/mol. The number of hydrogen-bond donors (Lipinski definition) is 1. The second-order valence-corrected chi connectivity index (χ2v) is 6.01. The summed E-state index contributed by atoms with van der Waals surface area (Å²) in [4.78, 5) is 0.0784. The van der Waals surface area contributed by atoms with E-state index in [0.717, 1.165) is 5.56 Å². The van der Waals surface area contributed by atoms with Crippen LogP contribution in [-0.4, -0.2) is 20.7 Å². The third kappa shape index (κ3) is 3.00. The van der Waals surface area contributed by atoms with Crippen LogP contribution in [0.5, 0.6) is 0 Å². The van der Waals surface area contributed by atoms with Gasteiger partial charge in [-0.3, -0.25) is 4.72 Å². The van der Waals surface area contributed by atoms with Crippen LogP contribution in [0.2, 0.25) is 0 Å². The smallest absolute Gasteiger partial charge is 0.267 e. The van der Waals surface area contributed by atoms with Crippen LogP contribution >= 0.6 is 0 Å². The quantitative estimate of drug-likeness (QED) is 0.915. The summed E-state index contributed by atoms with van der Waals surface area (Å²) in [6, 6.07) is 7.02. The van der Waals surface area contributed by atoms with Crippen molar-refractivity contribution in [2.24, 2.45) is 0 Å². The zero-order chi connectivity index (χ0) is 14.8. The van der Waals surface area contributed by atoms with Gasteiger partial charge < -0.3 is 9.26 Å². The predicted octanol–water partition coefficient (Wildman–Crippen LogP) is 2.24. The summed E-state index contributed by atoms with van der Waals surface area (Å²) in [6.07, 6.45) is 0. The van der Waals surface area contributed by atoms with Gasteiger partial charge in [0.05, 0.1) is 6.61 Å². The van der Waals surface area contributed by atoms with Crippen molar-refractivity contribution in [1.82, 2.24) is 5.16 Å². The van der Waals surface area contributed by atoms with Crippen LogP contribution in [0, 0.1) is 13.8 Å². The number of hydrogen-bond acceptors (Lipinski definition) is 5. The molecular formula is C13H16N2O4S. The monoisotopic (exact) mass is 296 g/mol. The van der Waals surface area contributed by atoms with Crippen LogP contribution in [-0.2, 0) is 21.4 Å². The average molecular weight is 296 g/mol. The van der Waals surface area contributed by atoms with Crippen LogP contribution < -0.4 is 4.72 Å². The van der Waals surface area contributed by atoms with Crippen molar-refractivity contribution < 1.29 is 17.7 Å². The van der Waals surface area contributed by atoms with Gasteiger partial charge >= 0.3 is 0 Å². The first kappa shape index (κ1) is 14.5. The number of sulfonamides is 1. The van der Waals surface area contributed by atoms with Gasteiger partial charge in [0.2, 0.25) is 0 Å². The summed E-state index contributed by atoms with van der Waals surface area (Å²) in [5.41, 5.74) is 1.69. The summed E-state index contributed by atoms with van der Waals surface area (Å²) in [6.45, 7) is 3.57. The SMILES string of the molecule is COCc1cccc(NS(=O)(=O)c2c(C)noc2C)c1. The fourth-order valence-corrected chi connectivity index (χ4v) is 3.34. The first-order valence-corrected chi connectivity index (χ1v) is 7.46. The summed E-state index contributed by atoms with van der Waals surface area (Å²) >= 11 is 0. The molecule has 20 heavy (non-hydrogen) atoms. The minimum Gasteiger partial charge on any atom is -0.380 e. The fourth-order valence-electron chi connectivity index (χ4n) is 1.96. The second-order valence-electron chi connectivity index (χ2n) is 4.39. The molecular weight excluding hydrogens is 280 g/mol. The minimum atomic E-state index is -3.71. The lowest BCUT2D eigenvalue weighted by Gasteiger charge is -2.09. The van der Waals surface area contributed by atoms with Crippen molar-refractivity contribution in [2.75, 3.05) is 11.8 Å². The summed E-state index contributed by atoms with van der Waals surface area (Å²) in [5.74, 6) is 0.267. The minimum absolute atomic E-state index is 0.0784. The molecule has 0 aliphatic rings. The molecule has 0 aliphatic carbocycles. The first-order valence-electron chi connectivity index (χ1n) is 5.97. The molecule has 0 saturated carbocycles. The molecule has 0 unspecified atom stereocenters. The largest absolute Gasteiger partial charge is 0.380 e. The Morgan fingerprint density at radius 1 is 1.35 bits per heavy atom. The Morgan fingerprint density at radius 2 is 2.10 bits per heavy atom. The van der Waals surface area contributed by atoms with Crippen LogP contribution in [0.25, 0.3) is 0 Å². The molecule has 0 atom stereocenters. The van der Waals surface area contributed by atoms with E-state index in [1.165, 1.54) is 0 Å². The van der Waals surface area contributed by atoms with E-state index in [4.69, 9.17) is 9.26 Å². The molecule has 0 spiro atoms. The van der Waals surface area contributed by atoms with E-state index >= 15 is 0 Å². The number of benzene rings is 1. The van der Waals surface area contributed by atoms with Gasteiger partial charge in [0.25, 0.3) is 10.0 Å². The standard InChI is InChI=1S/C13H16N2O4S/c1-9-13(10(2)19-14-9)20(16,17)15-12-6-4-5-11(7-12)8-18-3/h4-7,15H,8H2,1-3H3. The van der Waals surface area contributed by atoms with Crippen LogP contribution in [0.3, 0.4) is 0 Å². The molecule has 0 aliphatic heterocycles. The molecule has 7 heteroatoms. The van der Waals surface area contributed by atoms with Crippen molar-refractivity contribution in [3.8, 4) is 0 Å². The molecule has 0 amide bonds. The molecule has 1 heterocycles. The summed E-state index contributed by atoms with van der Waals surface area (Å²) in [5, 5.41) is 3.66. The maximum absolute atomic E-state index is 12.3. The van der Waals surface area contributed by atoms with E-state index in [0.29, 0.717) is 18.0 Å². The Labute approximate surface area is 117 Å². The van der Waals surface area contributed by atoms with Gasteiger partial charge in [-0.15, -0.1) is 0 Å². The van der Waals surface area contributed by atoms with Gasteiger partial charge in [-0.05, 0) is 31.5 Å². The van der Waals surface area contributed by atoms with Gasteiger partial charge in [-0.2, -0.15) is 0 Å². The zero-order valence-corrected chi connectivity index (χ0v) is 12.3. The molecule has 1 N–H and O–H groups in total. The van der Waals surface area contributed by atoms with Crippen molar-refractivity contribution in [3.63, 3.8) is 0 Å². The molecule has 2 aromatic rings.